The Hall–Kier alpha value is -1.11. The summed E-state index contributed by atoms with van der Waals surface area (Å²) in [7, 11) is -1.86. The number of benzene rings is 2. The molecule has 2 atom stereocenters. The number of hydrogen-bond acceptors (Lipinski definition) is 3. The van der Waals surface area contributed by atoms with Crippen LogP contribution in [-0.4, -0.2) is 15.5 Å². The van der Waals surface area contributed by atoms with Gasteiger partial charge in [0.05, 0.1) is 14.9 Å². The molecule has 0 fully saturated rings. The van der Waals surface area contributed by atoms with Crippen molar-refractivity contribution in [3.8, 4) is 0 Å². The van der Waals surface area contributed by atoms with Gasteiger partial charge in [-0.1, -0.05) is 35.3 Å². The summed E-state index contributed by atoms with van der Waals surface area (Å²) in [5.74, 6) is 0.147. The summed E-state index contributed by atoms with van der Waals surface area (Å²) in [5, 5.41) is 9.57. The lowest BCUT2D eigenvalue weighted by molar-refractivity contribution is 0.469. The Morgan fingerprint density at radius 1 is 1.04 bits per heavy atom. The van der Waals surface area contributed by atoms with Crippen LogP contribution >= 0.6 is 23.2 Å². The van der Waals surface area contributed by atoms with Crippen molar-refractivity contribution in [2.24, 2.45) is 5.14 Å². The Bertz CT molecular complexity index is 884. The predicted octanol–water partition coefficient (Wildman–Crippen LogP) is 3.83. The van der Waals surface area contributed by atoms with E-state index in [1.54, 1.807) is 18.2 Å². The summed E-state index contributed by atoms with van der Waals surface area (Å²) in [4.78, 5) is 0.135. The standard InChI is InChI=1S/C17H18Cl2N2O2S/c1-21-17-7-5-12(10-2-6-15(18)16(19)8-10)13-4-3-11(9-14(13)17)24(20,22)23/h2-4,6,8-9,12,17,21H,5,7H2,1H3,(H2,20,22,23)/t12-,17?/m0/s1. The second kappa shape index (κ2) is 6.65. The highest BCUT2D eigenvalue weighted by Crippen LogP contribution is 2.42. The average Bonchev–Trinajstić information content (AvgIpc) is 2.55. The molecule has 0 bridgehead atoms. The maximum absolute atomic E-state index is 11.7. The molecule has 3 rings (SSSR count). The topological polar surface area (TPSA) is 72.2 Å². The van der Waals surface area contributed by atoms with Crippen molar-refractivity contribution >= 4 is 33.2 Å². The smallest absolute Gasteiger partial charge is 0.238 e. The molecule has 24 heavy (non-hydrogen) atoms. The van der Waals surface area contributed by atoms with Gasteiger partial charge in [0.2, 0.25) is 10.0 Å². The Labute approximate surface area is 152 Å². The van der Waals surface area contributed by atoms with Crippen LogP contribution in [0, 0.1) is 0 Å². The number of nitrogens with one attached hydrogen (secondary N) is 1. The number of hydrogen-bond donors (Lipinski definition) is 2. The van der Waals surface area contributed by atoms with Gasteiger partial charge in [-0.05, 0) is 60.8 Å². The Balaban J connectivity index is 2.12. The van der Waals surface area contributed by atoms with E-state index in [9.17, 15) is 8.42 Å². The van der Waals surface area contributed by atoms with Gasteiger partial charge in [0, 0.05) is 12.0 Å². The number of halogens is 2. The molecule has 0 aromatic heterocycles. The highest BCUT2D eigenvalue weighted by molar-refractivity contribution is 7.89. The van der Waals surface area contributed by atoms with E-state index in [0.717, 1.165) is 29.5 Å². The van der Waals surface area contributed by atoms with E-state index in [4.69, 9.17) is 28.3 Å². The second-order valence-corrected chi connectivity index (χ2v) is 8.36. The lowest BCUT2D eigenvalue weighted by Gasteiger charge is -2.32. The van der Waals surface area contributed by atoms with Gasteiger partial charge in [-0.2, -0.15) is 0 Å². The van der Waals surface area contributed by atoms with Gasteiger partial charge in [0.25, 0.3) is 0 Å². The van der Waals surface area contributed by atoms with Crippen LogP contribution in [0.2, 0.25) is 10.0 Å². The number of rotatable bonds is 3. The summed E-state index contributed by atoms with van der Waals surface area (Å²) >= 11 is 12.2. The molecular weight excluding hydrogens is 367 g/mol. The zero-order chi connectivity index (χ0) is 17.5. The van der Waals surface area contributed by atoms with E-state index in [0.29, 0.717) is 10.0 Å². The van der Waals surface area contributed by atoms with Crippen LogP contribution in [0.4, 0.5) is 0 Å². The molecule has 1 unspecified atom stereocenters. The summed E-state index contributed by atoms with van der Waals surface area (Å²) < 4.78 is 23.3. The van der Waals surface area contributed by atoms with Crippen LogP contribution in [-0.2, 0) is 10.0 Å². The lowest BCUT2D eigenvalue weighted by Crippen LogP contribution is -2.25. The van der Waals surface area contributed by atoms with E-state index in [-0.39, 0.29) is 16.9 Å². The van der Waals surface area contributed by atoms with Crippen molar-refractivity contribution in [3.05, 3.63) is 63.1 Å². The molecule has 1 aliphatic rings. The number of primary sulfonamides is 1. The van der Waals surface area contributed by atoms with Crippen LogP contribution < -0.4 is 10.5 Å². The molecular formula is C17H18Cl2N2O2S. The summed E-state index contributed by atoms with van der Waals surface area (Å²) in [5.41, 5.74) is 3.13. The first-order valence-corrected chi connectivity index (χ1v) is 9.90. The number of nitrogens with two attached hydrogens (primary N) is 1. The fraction of sp³-hybridized carbons (Fsp3) is 0.294. The minimum absolute atomic E-state index is 0.0979. The predicted molar refractivity (Wildman–Crippen MR) is 97.2 cm³/mol. The van der Waals surface area contributed by atoms with Gasteiger partial charge in [0.1, 0.15) is 0 Å². The largest absolute Gasteiger partial charge is 0.313 e. The van der Waals surface area contributed by atoms with Crippen LogP contribution in [0.1, 0.15) is 41.5 Å². The molecule has 0 saturated heterocycles. The fourth-order valence-electron chi connectivity index (χ4n) is 3.37. The fourth-order valence-corrected chi connectivity index (χ4v) is 4.22. The van der Waals surface area contributed by atoms with E-state index >= 15 is 0 Å². The monoisotopic (exact) mass is 384 g/mol. The lowest BCUT2D eigenvalue weighted by atomic mass is 9.77. The van der Waals surface area contributed by atoms with Crippen molar-refractivity contribution in [1.29, 1.82) is 0 Å². The van der Waals surface area contributed by atoms with Crippen LogP contribution in [0.3, 0.4) is 0 Å². The molecule has 2 aromatic rings. The zero-order valence-corrected chi connectivity index (χ0v) is 15.4. The third-order valence-corrected chi connectivity index (χ3v) is 6.23. The minimum Gasteiger partial charge on any atom is -0.313 e. The van der Waals surface area contributed by atoms with Crippen molar-refractivity contribution in [3.63, 3.8) is 0 Å². The van der Waals surface area contributed by atoms with E-state index in [1.165, 1.54) is 0 Å². The Kier molecular flexibility index (Phi) is 4.91. The third kappa shape index (κ3) is 3.32. The minimum atomic E-state index is -3.73. The maximum atomic E-state index is 11.7. The SMILES string of the molecule is CNC1CC[C@@H](c2ccc(Cl)c(Cl)c2)c2ccc(S(N)(=O)=O)cc21. The molecule has 0 heterocycles. The van der Waals surface area contributed by atoms with Crippen molar-refractivity contribution in [2.45, 2.75) is 29.7 Å². The van der Waals surface area contributed by atoms with Gasteiger partial charge >= 0.3 is 0 Å². The van der Waals surface area contributed by atoms with Gasteiger partial charge in [-0.3, -0.25) is 0 Å². The second-order valence-electron chi connectivity index (χ2n) is 5.98. The molecule has 0 spiro atoms. The Morgan fingerprint density at radius 2 is 1.79 bits per heavy atom. The van der Waals surface area contributed by atoms with Crippen LogP contribution in [0.15, 0.2) is 41.3 Å². The van der Waals surface area contributed by atoms with Crippen LogP contribution in [0.5, 0.6) is 0 Å². The first-order chi connectivity index (χ1) is 11.3. The molecule has 0 saturated carbocycles. The molecule has 0 radical (unpaired) electrons. The van der Waals surface area contributed by atoms with Crippen molar-refractivity contribution in [1.82, 2.24) is 5.32 Å². The van der Waals surface area contributed by atoms with E-state index < -0.39 is 10.0 Å². The van der Waals surface area contributed by atoms with E-state index in [1.807, 2.05) is 25.2 Å². The van der Waals surface area contributed by atoms with Crippen molar-refractivity contribution in [2.75, 3.05) is 7.05 Å². The molecule has 4 nitrogen and oxygen atoms in total. The average molecular weight is 385 g/mol. The molecule has 0 aliphatic heterocycles. The summed E-state index contributed by atoms with van der Waals surface area (Å²) in [6.45, 7) is 0. The maximum Gasteiger partial charge on any atom is 0.238 e. The first-order valence-electron chi connectivity index (χ1n) is 7.60. The molecule has 7 heteroatoms. The first kappa shape index (κ1) is 17.7. The number of sulfonamides is 1. The molecule has 1 aliphatic carbocycles. The quantitative estimate of drug-likeness (QED) is 0.844. The Morgan fingerprint density at radius 3 is 2.42 bits per heavy atom. The highest BCUT2D eigenvalue weighted by Gasteiger charge is 2.29. The molecule has 3 N–H and O–H groups in total. The normalized spacial score (nSPS) is 20.7. The van der Waals surface area contributed by atoms with Gasteiger partial charge < -0.3 is 5.32 Å². The summed E-state index contributed by atoms with van der Waals surface area (Å²) in [6, 6.07) is 10.8. The molecule has 2 aromatic carbocycles. The highest BCUT2D eigenvalue weighted by atomic mass is 35.5. The van der Waals surface area contributed by atoms with Crippen molar-refractivity contribution < 1.29 is 8.42 Å². The third-order valence-electron chi connectivity index (χ3n) is 4.58. The summed E-state index contributed by atoms with van der Waals surface area (Å²) in [6.07, 6.45) is 1.83. The zero-order valence-electron chi connectivity index (χ0n) is 13.1. The molecule has 0 amide bonds. The molecule has 128 valence electrons. The number of fused-ring (bicyclic) bond motifs is 1. The van der Waals surface area contributed by atoms with E-state index in [2.05, 4.69) is 5.32 Å². The van der Waals surface area contributed by atoms with Crippen LogP contribution in [0.25, 0.3) is 0 Å². The van der Waals surface area contributed by atoms with Gasteiger partial charge in [-0.15, -0.1) is 0 Å². The van der Waals surface area contributed by atoms with Gasteiger partial charge in [0.15, 0.2) is 0 Å². The van der Waals surface area contributed by atoms with Gasteiger partial charge in [-0.25, -0.2) is 13.6 Å².